The molecule has 2 aromatic carbocycles. The molecule has 2 heterocycles. The highest BCUT2D eigenvalue weighted by molar-refractivity contribution is 7.22. The largest absolute Gasteiger partial charge is 0.342 e. The summed E-state index contributed by atoms with van der Waals surface area (Å²) in [5.41, 5.74) is 2.74. The highest BCUT2D eigenvalue weighted by Crippen LogP contribution is 2.31. The van der Waals surface area contributed by atoms with Crippen molar-refractivity contribution in [2.45, 2.75) is 20.0 Å². The molecule has 0 aliphatic heterocycles. The summed E-state index contributed by atoms with van der Waals surface area (Å²) in [7, 11) is 1.72. The Hall–Kier alpha value is -3.29. The number of hydrogen-bond donors (Lipinski definition) is 0. The Morgan fingerprint density at radius 1 is 1.09 bits per heavy atom. The zero-order valence-corrected chi connectivity index (χ0v) is 19.1. The molecule has 0 spiro atoms. The van der Waals surface area contributed by atoms with E-state index in [4.69, 9.17) is 11.6 Å². The summed E-state index contributed by atoms with van der Waals surface area (Å²) >= 11 is 7.30. The SMILES string of the molecule is CC(=O)N(C)Cc1ccc(C(=O)Cn2cnc3cc(-c4ccc(Cl)cc4)sc3c2=O)cc1. The molecule has 0 fully saturated rings. The number of halogens is 1. The molecular weight excluding hydrogens is 446 g/mol. The topological polar surface area (TPSA) is 72.3 Å². The molecule has 4 aromatic rings. The number of carbonyl (C=O) groups excluding carboxylic acids is 2. The van der Waals surface area contributed by atoms with Crippen LogP contribution in [0.1, 0.15) is 22.8 Å². The molecule has 4 rings (SSSR count). The van der Waals surface area contributed by atoms with Crippen molar-refractivity contribution in [1.29, 1.82) is 0 Å². The Morgan fingerprint density at radius 2 is 1.78 bits per heavy atom. The first-order valence-electron chi connectivity index (χ1n) is 9.90. The molecule has 162 valence electrons. The van der Waals surface area contributed by atoms with Gasteiger partial charge in [-0.25, -0.2) is 4.98 Å². The first-order chi connectivity index (χ1) is 15.3. The van der Waals surface area contributed by atoms with E-state index in [0.29, 0.717) is 27.3 Å². The number of fused-ring (bicyclic) bond motifs is 1. The van der Waals surface area contributed by atoms with E-state index in [9.17, 15) is 14.4 Å². The lowest BCUT2D eigenvalue weighted by Gasteiger charge is -2.14. The standard InChI is InChI=1S/C24H20ClN3O3S/c1-15(29)27(2)12-16-3-5-17(6-4-16)21(30)13-28-14-26-20-11-22(32-23(20)24(28)31)18-7-9-19(25)10-8-18/h3-11,14H,12-13H2,1-2H3. The van der Waals surface area contributed by atoms with Crippen molar-refractivity contribution in [3.05, 3.63) is 87.4 Å². The van der Waals surface area contributed by atoms with Gasteiger partial charge >= 0.3 is 0 Å². The average molecular weight is 466 g/mol. The Morgan fingerprint density at radius 3 is 2.44 bits per heavy atom. The van der Waals surface area contributed by atoms with Gasteiger partial charge in [0.2, 0.25) is 5.91 Å². The number of Topliss-reactive ketones (excluding diaryl/α,β-unsaturated/α-hetero) is 1. The minimum absolute atomic E-state index is 0.0276. The lowest BCUT2D eigenvalue weighted by atomic mass is 10.1. The maximum atomic E-state index is 13.0. The number of amides is 1. The fraction of sp³-hybridized carbons (Fsp3) is 0.167. The maximum absolute atomic E-state index is 13.0. The van der Waals surface area contributed by atoms with Gasteiger partial charge in [0.1, 0.15) is 4.70 Å². The van der Waals surface area contributed by atoms with E-state index < -0.39 is 0 Å². The van der Waals surface area contributed by atoms with Crippen LogP contribution in [0.25, 0.3) is 20.7 Å². The van der Waals surface area contributed by atoms with Gasteiger partial charge < -0.3 is 4.90 Å². The normalized spacial score (nSPS) is 11.0. The number of benzene rings is 2. The van der Waals surface area contributed by atoms with Crippen LogP contribution in [0.5, 0.6) is 0 Å². The average Bonchev–Trinajstić information content (AvgIpc) is 3.22. The fourth-order valence-electron chi connectivity index (χ4n) is 3.24. The minimum Gasteiger partial charge on any atom is -0.342 e. The van der Waals surface area contributed by atoms with Crippen molar-refractivity contribution < 1.29 is 9.59 Å². The van der Waals surface area contributed by atoms with Gasteiger partial charge in [0, 0.05) is 36.0 Å². The van der Waals surface area contributed by atoms with Crippen LogP contribution < -0.4 is 5.56 Å². The summed E-state index contributed by atoms with van der Waals surface area (Å²) < 4.78 is 1.84. The van der Waals surface area contributed by atoms with Crippen molar-refractivity contribution in [1.82, 2.24) is 14.5 Å². The maximum Gasteiger partial charge on any atom is 0.271 e. The van der Waals surface area contributed by atoms with E-state index in [-0.39, 0.29) is 23.8 Å². The zero-order chi connectivity index (χ0) is 22.8. The van der Waals surface area contributed by atoms with Crippen molar-refractivity contribution in [3.8, 4) is 10.4 Å². The van der Waals surface area contributed by atoms with Gasteiger partial charge in [0.05, 0.1) is 18.4 Å². The van der Waals surface area contributed by atoms with Gasteiger partial charge in [-0.2, -0.15) is 0 Å². The fourth-order valence-corrected chi connectivity index (χ4v) is 4.43. The number of hydrogen-bond acceptors (Lipinski definition) is 5. The molecule has 1 amide bonds. The summed E-state index contributed by atoms with van der Waals surface area (Å²) in [6.45, 7) is 1.88. The van der Waals surface area contributed by atoms with E-state index in [1.807, 2.05) is 30.3 Å². The second-order valence-electron chi connectivity index (χ2n) is 7.50. The summed E-state index contributed by atoms with van der Waals surface area (Å²) in [6.07, 6.45) is 1.41. The number of carbonyl (C=O) groups is 2. The molecule has 2 aromatic heterocycles. The predicted octanol–water partition coefficient (Wildman–Crippen LogP) is 4.64. The van der Waals surface area contributed by atoms with Gasteiger partial charge in [-0.1, -0.05) is 48.0 Å². The molecule has 0 saturated heterocycles. The molecule has 0 aliphatic carbocycles. The molecular formula is C24H20ClN3O3S. The van der Waals surface area contributed by atoms with Crippen LogP contribution in [-0.2, 0) is 17.9 Å². The van der Waals surface area contributed by atoms with Gasteiger partial charge in [0.15, 0.2) is 5.78 Å². The van der Waals surface area contributed by atoms with Crippen LogP contribution in [0.4, 0.5) is 0 Å². The van der Waals surface area contributed by atoms with E-state index in [1.165, 1.54) is 29.2 Å². The molecule has 0 atom stereocenters. The van der Waals surface area contributed by atoms with Gasteiger partial charge in [-0.3, -0.25) is 19.0 Å². The molecule has 0 radical (unpaired) electrons. The first kappa shape index (κ1) is 21.9. The summed E-state index contributed by atoms with van der Waals surface area (Å²) in [6, 6.07) is 16.3. The number of nitrogens with zero attached hydrogens (tertiary/aromatic N) is 3. The smallest absolute Gasteiger partial charge is 0.271 e. The lowest BCUT2D eigenvalue weighted by molar-refractivity contribution is -0.128. The molecule has 0 unspecified atom stereocenters. The number of ketones is 1. The number of thiophene rings is 1. The Labute approximate surface area is 193 Å². The van der Waals surface area contributed by atoms with E-state index in [2.05, 4.69) is 4.98 Å². The third-order valence-electron chi connectivity index (χ3n) is 5.18. The van der Waals surface area contributed by atoms with Gasteiger partial charge in [0.25, 0.3) is 5.56 Å². The van der Waals surface area contributed by atoms with E-state index in [1.54, 1.807) is 36.2 Å². The highest BCUT2D eigenvalue weighted by Gasteiger charge is 2.14. The van der Waals surface area contributed by atoms with Crippen molar-refractivity contribution in [2.24, 2.45) is 0 Å². The Balaban J connectivity index is 1.54. The second-order valence-corrected chi connectivity index (χ2v) is 8.99. The third-order valence-corrected chi connectivity index (χ3v) is 6.59. The highest BCUT2D eigenvalue weighted by atomic mass is 35.5. The van der Waals surface area contributed by atoms with Crippen LogP contribution in [0, 0.1) is 0 Å². The van der Waals surface area contributed by atoms with Gasteiger partial charge in [-0.05, 0) is 29.3 Å². The Kier molecular flexibility index (Phi) is 6.21. The minimum atomic E-state index is -0.242. The van der Waals surface area contributed by atoms with Crippen LogP contribution in [0.15, 0.2) is 65.7 Å². The quantitative estimate of drug-likeness (QED) is 0.389. The van der Waals surface area contributed by atoms with Gasteiger partial charge in [-0.15, -0.1) is 11.3 Å². The van der Waals surface area contributed by atoms with Crippen molar-refractivity contribution >= 4 is 44.8 Å². The monoisotopic (exact) mass is 465 g/mol. The van der Waals surface area contributed by atoms with Crippen LogP contribution >= 0.6 is 22.9 Å². The van der Waals surface area contributed by atoms with E-state index >= 15 is 0 Å². The molecule has 0 N–H and O–H groups in total. The van der Waals surface area contributed by atoms with Crippen molar-refractivity contribution in [2.75, 3.05) is 7.05 Å². The predicted molar refractivity (Wildman–Crippen MR) is 127 cm³/mol. The van der Waals surface area contributed by atoms with Crippen molar-refractivity contribution in [3.63, 3.8) is 0 Å². The summed E-state index contributed by atoms with van der Waals surface area (Å²) in [4.78, 5) is 44.0. The van der Waals surface area contributed by atoms with Crippen LogP contribution in [0.3, 0.4) is 0 Å². The lowest BCUT2D eigenvalue weighted by Crippen LogP contribution is -2.24. The molecule has 32 heavy (non-hydrogen) atoms. The zero-order valence-electron chi connectivity index (χ0n) is 17.5. The second kappa shape index (κ2) is 9.06. The first-order valence-corrected chi connectivity index (χ1v) is 11.1. The molecule has 0 aliphatic rings. The number of aromatic nitrogens is 2. The van der Waals surface area contributed by atoms with E-state index in [0.717, 1.165) is 16.0 Å². The molecule has 8 heteroatoms. The summed E-state index contributed by atoms with van der Waals surface area (Å²) in [5.74, 6) is -0.213. The van der Waals surface area contributed by atoms with Crippen LogP contribution in [-0.4, -0.2) is 33.2 Å². The summed E-state index contributed by atoms with van der Waals surface area (Å²) in [5, 5.41) is 0.646. The molecule has 6 nitrogen and oxygen atoms in total. The molecule has 0 bridgehead atoms. The van der Waals surface area contributed by atoms with Crippen LogP contribution in [0.2, 0.25) is 5.02 Å². The third kappa shape index (κ3) is 4.64. The Bertz CT molecular complexity index is 1360. The molecule has 0 saturated carbocycles. The number of rotatable bonds is 6.